The smallest absolute Gasteiger partial charge is 0.126 e. The molecule has 1 atom stereocenters. The van der Waals surface area contributed by atoms with Crippen molar-refractivity contribution in [3.05, 3.63) is 35.1 Å². The highest BCUT2D eigenvalue weighted by Crippen LogP contribution is 2.10. The summed E-state index contributed by atoms with van der Waals surface area (Å²) in [6, 6.07) is 5.50. The molecule has 2 nitrogen and oxygen atoms in total. The molecular formula is C13H21FN2. The summed E-state index contributed by atoms with van der Waals surface area (Å²) in [4.78, 5) is 0. The van der Waals surface area contributed by atoms with Gasteiger partial charge in [0.2, 0.25) is 0 Å². The normalized spacial score (nSPS) is 13.1. The van der Waals surface area contributed by atoms with Crippen molar-refractivity contribution in [2.45, 2.75) is 33.4 Å². The third kappa shape index (κ3) is 3.58. The van der Waals surface area contributed by atoms with Crippen LogP contribution in [0.3, 0.4) is 0 Å². The quantitative estimate of drug-likeness (QED) is 0.804. The number of hydrogen-bond donors (Lipinski definition) is 2. The van der Waals surface area contributed by atoms with Crippen LogP contribution in [0.5, 0.6) is 0 Å². The van der Waals surface area contributed by atoms with Gasteiger partial charge in [-0.25, -0.2) is 4.39 Å². The highest BCUT2D eigenvalue weighted by atomic mass is 19.1. The van der Waals surface area contributed by atoms with Crippen molar-refractivity contribution in [1.82, 2.24) is 5.32 Å². The van der Waals surface area contributed by atoms with Crippen LogP contribution in [0.25, 0.3) is 0 Å². The first-order valence-electron chi connectivity index (χ1n) is 5.73. The molecule has 0 saturated heterocycles. The number of rotatable bonds is 5. The third-order valence-electron chi connectivity index (χ3n) is 2.85. The van der Waals surface area contributed by atoms with E-state index in [4.69, 9.17) is 5.73 Å². The fourth-order valence-electron chi connectivity index (χ4n) is 1.66. The van der Waals surface area contributed by atoms with Gasteiger partial charge in [0, 0.05) is 19.1 Å². The Morgan fingerprint density at radius 2 is 2.06 bits per heavy atom. The van der Waals surface area contributed by atoms with Gasteiger partial charge in [0.05, 0.1) is 0 Å². The third-order valence-corrected chi connectivity index (χ3v) is 2.85. The second-order valence-corrected chi connectivity index (χ2v) is 4.55. The molecule has 3 heteroatoms. The largest absolute Gasteiger partial charge is 0.329 e. The molecule has 0 amide bonds. The Bertz CT molecular complexity index is 337. The Labute approximate surface area is 97.0 Å². The fraction of sp³-hybridized carbons (Fsp3) is 0.538. The molecule has 3 N–H and O–H groups in total. The van der Waals surface area contributed by atoms with Crippen LogP contribution in [0.1, 0.15) is 25.0 Å². The van der Waals surface area contributed by atoms with Crippen LogP contribution in [0.2, 0.25) is 0 Å². The minimum Gasteiger partial charge on any atom is -0.329 e. The van der Waals surface area contributed by atoms with Gasteiger partial charge in [0.25, 0.3) is 0 Å². The van der Waals surface area contributed by atoms with Crippen molar-refractivity contribution >= 4 is 0 Å². The van der Waals surface area contributed by atoms with Gasteiger partial charge in [0.1, 0.15) is 5.82 Å². The van der Waals surface area contributed by atoms with Crippen LogP contribution in [0.4, 0.5) is 4.39 Å². The zero-order valence-corrected chi connectivity index (χ0v) is 10.3. The molecule has 0 aromatic heterocycles. The van der Waals surface area contributed by atoms with Crippen LogP contribution >= 0.6 is 0 Å². The van der Waals surface area contributed by atoms with E-state index in [9.17, 15) is 4.39 Å². The van der Waals surface area contributed by atoms with Crippen LogP contribution in [0.15, 0.2) is 18.2 Å². The molecule has 0 fully saturated rings. The molecule has 1 aromatic carbocycles. The Morgan fingerprint density at radius 3 is 2.56 bits per heavy atom. The van der Waals surface area contributed by atoms with Crippen LogP contribution in [0, 0.1) is 18.7 Å². The molecule has 1 rings (SSSR count). The number of nitrogens with one attached hydrogen (secondary N) is 1. The average Bonchev–Trinajstić information content (AvgIpc) is 2.23. The zero-order chi connectivity index (χ0) is 12.1. The SMILES string of the molecule is Cc1cc(CNC(CN)C(C)C)ccc1F. The molecule has 1 aromatic rings. The Kier molecular flexibility index (Phi) is 4.90. The topological polar surface area (TPSA) is 38.0 Å². The van der Waals surface area contributed by atoms with E-state index in [0.29, 0.717) is 24.1 Å². The lowest BCUT2D eigenvalue weighted by molar-refractivity contribution is 0.405. The molecule has 16 heavy (non-hydrogen) atoms. The van der Waals surface area contributed by atoms with E-state index >= 15 is 0 Å². The first-order chi connectivity index (χ1) is 7.54. The summed E-state index contributed by atoms with van der Waals surface area (Å²) in [6.07, 6.45) is 0. The maximum Gasteiger partial charge on any atom is 0.126 e. The van der Waals surface area contributed by atoms with Crippen molar-refractivity contribution in [1.29, 1.82) is 0 Å². The number of halogens is 1. The van der Waals surface area contributed by atoms with Gasteiger partial charge in [-0.1, -0.05) is 26.0 Å². The lowest BCUT2D eigenvalue weighted by Gasteiger charge is -2.20. The summed E-state index contributed by atoms with van der Waals surface area (Å²) in [5.41, 5.74) is 7.45. The van der Waals surface area contributed by atoms with Gasteiger partial charge in [-0.2, -0.15) is 0 Å². The Balaban J connectivity index is 2.57. The highest BCUT2D eigenvalue weighted by molar-refractivity contribution is 5.23. The summed E-state index contributed by atoms with van der Waals surface area (Å²) in [7, 11) is 0. The number of aryl methyl sites for hydroxylation is 1. The molecule has 1 unspecified atom stereocenters. The molecule has 0 bridgehead atoms. The van der Waals surface area contributed by atoms with Gasteiger partial charge in [-0.3, -0.25) is 0 Å². The molecule has 0 aliphatic rings. The minimum absolute atomic E-state index is 0.150. The lowest BCUT2D eigenvalue weighted by atomic mass is 10.0. The molecule has 0 radical (unpaired) electrons. The maximum atomic E-state index is 13.1. The summed E-state index contributed by atoms with van der Waals surface area (Å²) < 4.78 is 13.1. The molecular weight excluding hydrogens is 203 g/mol. The van der Waals surface area contributed by atoms with Gasteiger partial charge in [-0.05, 0) is 30.0 Å². The van der Waals surface area contributed by atoms with Crippen molar-refractivity contribution in [2.75, 3.05) is 6.54 Å². The monoisotopic (exact) mass is 224 g/mol. The molecule has 0 aliphatic heterocycles. The second kappa shape index (κ2) is 5.97. The van der Waals surface area contributed by atoms with Crippen molar-refractivity contribution in [3.63, 3.8) is 0 Å². The molecule has 0 heterocycles. The number of benzene rings is 1. The first-order valence-corrected chi connectivity index (χ1v) is 5.73. The number of hydrogen-bond acceptors (Lipinski definition) is 2. The summed E-state index contributed by atoms with van der Waals surface area (Å²) in [6.45, 7) is 7.42. The van der Waals surface area contributed by atoms with Crippen LogP contribution in [-0.2, 0) is 6.54 Å². The lowest BCUT2D eigenvalue weighted by Crippen LogP contribution is -2.39. The molecule has 0 aliphatic carbocycles. The minimum atomic E-state index is -0.150. The number of nitrogens with two attached hydrogens (primary N) is 1. The van der Waals surface area contributed by atoms with Crippen LogP contribution < -0.4 is 11.1 Å². The molecule has 90 valence electrons. The predicted octanol–water partition coefficient (Wildman–Crippen LogP) is 2.21. The van der Waals surface area contributed by atoms with E-state index in [1.165, 1.54) is 6.07 Å². The Morgan fingerprint density at radius 1 is 1.38 bits per heavy atom. The standard InChI is InChI=1S/C13H21FN2/c1-9(2)13(7-15)16-8-11-4-5-12(14)10(3)6-11/h4-6,9,13,16H,7-8,15H2,1-3H3. The van der Waals surface area contributed by atoms with Crippen molar-refractivity contribution < 1.29 is 4.39 Å². The first kappa shape index (κ1) is 13.1. The van der Waals surface area contributed by atoms with E-state index in [1.54, 1.807) is 6.92 Å². The molecule has 0 saturated carbocycles. The zero-order valence-electron chi connectivity index (χ0n) is 10.3. The molecule has 0 spiro atoms. The summed E-state index contributed by atoms with van der Waals surface area (Å²) in [5, 5.41) is 3.38. The second-order valence-electron chi connectivity index (χ2n) is 4.55. The fourth-order valence-corrected chi connectivity index (χ4v) is 1.66. The van der Waals surface area contributed by atoms with Gasteiger partial charge >= 0.3 is 0 Å². The summed E-state index contributed by atoms with van der Waals surface area (Å²) in [5.74, 6) is 0.356. The van der Waals surface area contributed by atoms with E-state index in [0.717, 1.165) is 12.1 Å². The van der Waals surface area contributed by atoms with E-state index in [-0.39, 0.29) is 5.82 Å². The van der Waals surface area contributed by atoms with E-state index < -0.39 is 0 Å². The van der Waals surface area contributed by atoms with Crippen molar-refractivity contribution in [2.24, 2.45) is 11.7 Å². The predicted molar refractivity (Wildman–Crippen MR) is 65.7 cm³/mol. The van der Waals surface area contributed by atoms with Crippen molar-refractivity contribution in [3.8, 4) is 0 Å². The average molecular weight is 224 g/mol. The maximum absolute atomic E-state index is 13.1. The summed E-state index contributed by atoms with van der Waals surface area (Å²) >= 11 is 0. The van der Waals surface area contributed by atoms with Gasteiger partial charge < -0.3 is 11.1 Å². The van der Waals surface area contributed by atoms with Crippen LogP contribution in [-0.4, -0.2) is 12.6 Å². The highest BCUT2D eigenvalue weighted by Gasteiger charge is 2.10. The van der Waals surface area contributed by atoms with E-state index in [1.807, 2.05) is 12.1 Å². The Hall–Kier alpha value is -0.930. The van der Waals surface area contributed by atoms with Gasteiger partial charge in [-0.15, -0.1) is 0 Å². The van der Waals surface area contributed by atoms with E-state index in [2.05, 4.69) is 19.2 Å². The van der Waals surface area contributed by atoms with Gasteiger partial charge in [0.15, 0.2) is 0 Å².